The molecule has 1 aliphatic carbocycles. The third-order valence-corrected chi connectivity index (χ3v) is 11.5. The topological polar surface area (TPSA) is 159 Å². The molecule has 2 N–H and O–H groups in total. The molecule has 2 aromatic carbocycles. The number of rotatable bonds is 8. The van der Waals surface area contributed by atoms with Crippen LogP contribution >= 0.6 is 0 Å². The maximum atomic E-state index is 13.2. The number of methoxy groups -OCH3 is 1. The first kappa shape index (κ1) is 33.0. The van der Waals surface area contributed by atoms with Crippen molar-refractivity contribution in [1.29, 1.82) is 0 Å². The first-order chi connectivity index (χ1) is 25.7. The monoisotopic (exact) mass is 716 g/mol. The van der Waals surface area contributed by atoms with Crippen LogP contribution in [0.2, 0.25) is 0 Å². The molecule has 4 aliphatic rings. The van der Waals surface area contributed by atoms with Gasteiger partial charge in [0.15, 0.2) is 5.65 Å². The molecule has 3 aromatic heterocycles. The number of nitrogens with one attached hydrogen (secondary N) is 2. The normalized spacial score (nSPS) is 22.0. The number of ether oxygens (including phenoxy) is 1. The summed E-state index contributed by atoms with van der Waals surface area (Å²) in [5.74, 6) is -0.604. The molecule has 9 rings (SSSR count). The van der Waals surface area contributed by atoms with Gasteiger partial charge in [-0.2, -0.15) is 10.2 Å². The van der Waals surface area contributed by atoms with Crippen molar-refractivity contribution in [2.24, 2.45) is 0 Å². The number of anilines is 2. The average molecular weight is 717 g/mol. The second-order valence-electron chi connectivity index (χ2n) is 14.5. The van der Waals surface area contributed by atoms with E-state index in [-0.39, 0.29) is 36.1 Å². The van der Waals surface area contributed by atoms with Crippen LogP contribution in [0.4, 0.5) is 11.4 Å². The lowest BCUT2D eigenvalue weighted by atomic mass is 9.89. The van der Waals surface area contributed by atoms with Gasteiger partial charge in [-0.15, -0.1) is 0 Å². The Balaban J connectivity index is 0.801. The molecule has 3 fully saturated rings. The van der Waals surface area contributed by atoms with Crippen LogP contribution in [-0.4, -0.2) is 103 Å². The Morgan fingerprint density at radius 3 is 2.66 bits per heavy atom. The van der Waals surface area contributed by atoms with Gasteiger partial charge in [0.25, 0.3) is 11.8 Å². The van der Waals surface area contributed by atoms with Crippen LogP contribution in [-0.2, 0) is 16.1 Å². The summed E-state index contributed by atoms with van der Waals surface area (Å²) in [6.45, 7) is 2.21. The summed E-state index contributed by atoms with van der Waals surface area (Å²) in [6.07, 6.45) is 11.7. The molecule has 15 nitrogen and oxygen atoms in total. The second kappa shape index (κ2) is 13.0. The third kappa shape index (κ3) is 5.84. The van der Waals surface area contributed by atoms with Gasteiger partial charge in [0.05, 0.1) is 30.6 Å². The van der Waals surface area contributed by atoms with Gasteiger partial charge in [0.1, 0.15) is 17.4 Å². The predicted octanol–water partition coefficient (Wildman–Crippen LogP) is 3.41. The molecule has 1 atom stereocenters. The highest BCUT2D eigenvalue weighted by Gasteiger charge is 2.40. The Morgan fingerprint density at radius 1 is 1.04 bits per heavy atom. The van der Waals surface area contributed by atoms with Gasteiger partial charge in [-0.1, -0.05) is 0 Å². The van der Waals surface area contributed by atoms with E-state index in [9.17, 15) is 19.2 Å². The molecule has 1 saturated carbocycles. The molecule has 4 amide bonds. The molecular weight excluding hydrogens is 676 g/mol. The number of hydrogen-bond acceptors (Lipinski definition) is 10. The van der Waals surface area contributed by atoms with E-state index < -0.39 is 6.04 Å². The Bertz CT molecular complexity index is 2290. The van der Waals surface area contributed by atoms with Crippen LogP contribution in [0.15, 0.2) is 61.2 Å². The highest BCUT2D eigenvalue weighted by atomic mass is 16.5. The van der Waals surface area contributed by atoms with Crippen LogP contribution in [0.3, 0.4) is 0 Å². The van der Waals surface area contributed by atoms with Gasteiger partial charge in [-0.05, 0) is 75.0 Å². The number of carbonyl (C=O) groups is 4. The first-order valence-corrected chi connectivity index (χ1v) is 18.1. The maximum absolute atomic E-state index is 13.2. The summed E-state index contributed by atoms with van der Waals surface area (Å²) < 4.78 is 9.28. The number of nitrogens with zero attached hydrogens (tertiary/aromatic N) is 8. The van der Waals surface area contributed by atoms with Gasteiger partial charge in [-0.3, -0.25) is 34.1 Å². The number of likely N-dealkylation sites (N-methyl/N-ethyl adjacent to an activating group) is 1. The fraction of sp³-hybridized carbons (Fsp3) is 0.395. The van der Waals surface area contributed by atoms with Gasteiger partial charge in [0, 0.05) is 79.4 Å². The van der Waals surface area contributed by atoms with Crippen molar-refractivity contribution >= 4 is 51.6 Å². The van der Waals surface area contributed by atoms with E-state index in [0.29, 0.717) is 53.3 Å². The van der Waals surface area contributed by atoms with E-state index in [1.165, 1.54) is 6.20 Å². The van der Waals surface area contributed by atoms with Crippen molar-refractivity contribution in [3.63, 3.8) is 0 Å². The van der Waals surface area contributed by atoms with E-state index in [4.69, 9.17) is 9.84 Å². The lowest BCUT2D eigenvalue weighted by Gasteiger charge is -2.49. The summed E-state index contributed by atoms with van der Waals surface area (Å²) >= 11 is 0. The molecule has 15 heteroatoms. The minimum atomic E-state index is -0.607. The van der Waals surface area contributed by atoms with E-state index in [2.05, 4.69) is 54.5 Å². The SMILES string of the molecule is COc1cc2nn(C3CCC(N(C)C4CN(c5ccc6c(c5)CN(C5CCC(=O)NC5=O)C6=O)C4)CC3)cc2cc1NC(=O)c1cnn2cccnc12. The zero-order valence-corrected chi connectivity index (χ0v) is 29.6. The summed E-state index contributed by atoms with van der Waals surface area (Å²) in [6, 6.07) is 12.1. The maximum Gasteiger partial charge on any atom is 0.261 e. The molecule has 0 radical (unpaired) electrons. The van der Waals surface area contributed by atoms with Crippen LogP contribution in [0.5, 0.6) is 5.75 Å². The number of aromatic nitrogens is 5. The van der Waals surface area contributed by atoms with Crippen molar-refractivity contribution in [2.45, 2.75) is 69.2 Å². The van der Waals surface area contributed by atoms with Gasteiger partial charge < -0.3 is 19.9 Å². The molecule has 3 aliphatic heterocycles. The first-order valence-electron chi connectivity index (χ1n) is 18.1. The number of amides is 4. The standard InChI is InChI=1S/C38H40N10O5/c1-44(27-20-45(21-27)26-8-9-28-22(14-26)18-46(38(28)52)32-10-11-34(49)42-37(32)51)24-4-6-25(7-5-24)48-19-23-15-31(33(53-2)16-30(23)43-48)41-36(50)29-17-40-47-13-3-12-39-35(29)47/h3,8-9,12-17,19,24-25,27,32H,4-7,10-11,18,20-21H2,1-2H3,(H,41,50)(H,42,49,51). The Morgan fingerprint density at radius 2 is 1.87 bits per heavy atom. The highest BCUT2D eigenvalue weighted by Crippen LogP contribution is 2.37. The van der Waals surface area contributed by atoms with Crippen LogP contribution in [0, 0.1) is 0 Å². The average Bonchev–Trinajstić information content (AvgIpc) is 3.86. The zero-order valence-electron chi connectivity index (χ0n) is 29.6. The molecule has 0 bridgehead atoms. The molecule has 1 unspecified atom stereocenters. The van der Waals surface area contributed by atoms with E-state index in [1.807, 2.05) is 24.3 Å². The molecular formula is C38H40N10O5. The number of imide groups is 1. The fourth-order valence-electron chi connectivity index (χ4n) is 8.41. The third-order valence-electron chi connectivity index (χ3n) is 11.5. The Kier molecular flexibility index (Phi) is 8.09. The minimum absolute atomic E-state index is 0.146. The van der Waals surface area contributed by atoms with E-state index in [0.717, 1.165) is 60.9 Å². The fourth-order valence-corrected chi connectivity index (χ4v) is 8.41. The van der Waals surface area contributed by atoms with Crippen molar-refractivity contribution < 1.29 is 23.9 Å². The predicted molar refractivity (Wildman–Crippen MR) is 195 cm³/mol. The van der Waals surface area contributed by atoms with E-state index >= 15 is 0 Å². The van der Waals surface area contributed by atoms with E-state index in [1.54, 1.807) is 35.0 Å². The van der Waals surface area contributed by atoms with Crippen molar-refractivity contribution in [2.75, 3.05) is 37.5 Å². The number of hydrogen-bond donors (Lipinski definition) is 2. The van der Waals surface area contributed by atoms with Crippen LogP contribution in [0.25, 0.3) is 16.6 Å². The van der Waals surface area contributed by atoms with Crippen molar-refractivity contribution in [3.05, 3.63) is 77.9 Å². The van der Waals surface area contributed by atoms with Crippen LogP contribution < -0.4 is 20.3 Å². The molecule has 272 valence electrons. The summed E-state index contributed by atoms with van der Waals surface area (Å²) in [4.78, 5) is 61.2. The number of carbonyl (C=O) groups excluding carboxylic acids is 4. The van der Waals surface area contributed by atoms with Gasteiger partial charge in [-0.25, -0.2) is 9.50 Å². The molecule has 5 aromatic rings. The zero-order chi connectivity index (χ0) is 36.4. The van der Waals surface area contributed by atoms with Gasteiger partial charge in [0.2, 0.25) is 11.8 Å². The lowest BCUT2D eigenvalue weighted by molar-refractivity contribution is -0.136. The van der Waals surface area contributed by atoms with Crippen LogP contribution in [0.1, 0.15) is 70.8 Å². The number of fused-ring (bicyclic) bond motifs is 3. The lowest BCUT2D eigenvalue weighted by Crippen LogP contribution is -2.61. The molecule has 2 saturated heterocycles. The molecule has 53 heavy (non-hydrogen) atoms. The largest absolute Gasteiger partial charge is 0.494 e. The highest BCUT2D eigenvalue weighted by molar-refractivity contribution is 6.09. The smallest absolute Gasteiger partial charge is 0.261 e. The molecule has 0 spiro atoms. The summed E-state index contributed by atoms with van der Waals surface area (Å²) in [5.41, 5.74) is 4.88. The number of benzene rings is 2. The Labute approximate surface area is 304 Å². The molecule has 6 heterocycles. The summed E-state index contributed by atoms with van der Waals surface area (Å²) in [5, 5.41) is 15.4. The number of piperidine rings is 1. The quantitative estimate of drug-likeness (QED) is 0.228. The summed E-state index contributed by atoms with van der Waals surface area (Å²) in [7, 11) is 3.82. The van der Waals surface area contributed by atoms with Gasteiger partial charge >= 0.3 is 0 Å². The Hall–Kier alpha value is -5.83. The van der Waals surface area contributed by atoms with Crippen molar-refractivity contribution in [1.82, 2.24) is 39.5 Å². The minimum Gasteiger partial charge on any atom is -0.494 e. The second-order valence-corrected chi connectivity index (χ2v) is 14.5. The van der Waals surface area contributed by atoms with Crippen molar-refractivity contribution in [3.8, 4) is 5.75 Å².